The molecule has 0 heterocycles. The molecule has 1 aliphatic carbocycles. The Labute approximate surface area is 110 Å². The zero-order valence-corrected chi connectivity index (χ0v) is 11.3. The summed E-state index contributed by atoms with van der Waals surface area (Å²) >= 11 is 0. The van der Waals surface area contributed by atoms with Crippen molar-refractivity contribution in [3.63, 3.8) is 0 Å². The highest BCUT2D eigenvalue weighted by Crippen LogP contribution is 2.31. The fraction of sp³-hybridized carbons (Fsp3) is 0.417. The lowest BCUT2D eigenvalue weighted by molar-refractivity contribution is 0.0596. The Hall–Kier alpha value is -1.47. The number of halogens is 1. The van der Waals surface area contributed by atoms with Crippen LogP contribution in [0.5, 0.6) is 0 Å². The Balaban J connectivity index is 2.41. The Morgan fingerprint density at radius 3 is 2.63 bits per heavy atom. The first kappa shape index (κ1) is 14.0. The first-order chi connectivity index (χ1) is 8.85. The van der Waals surface area contributed by atoms with Crippen LogP contribution in [0.2, 0.25) is 0 Å². The summed E-state index contributed by atoms with van der Waals surface area (Å²) in [5, 5.41) is 0. The van der Waals surface area contributed by atoms with Crippen LogP contribution >= 0.6 is 0 Å². The van der Waals surface area contributed by atoms with Crippen LogP contribution in [0, 0.1) is 11.7 Å². The van der Waals surface area contributed by atoms with Crippen LogP contribution in [0.15, 0.2) is 23.1 Å². The average Bonchev–Trinajstić information content (AvgIpc) is 3.02. The molecule has 1 saturated carbocycles. The molecule has 1 aromatic rings. The number of carbonyl (C=O) groups excluding carboxylic acids is 1. The minimum absolute atomic E-state index is 0.154. The van der Waals surface area contributed by atoms with Gasteiger partial charge in [-0.1, -0.05) is 6.92 Å². The summed E-state index contributed by atoms with van der Waals surface area (Å²) in [6, 6.07) is 2.79. The molecule has 0 radical (unpaired) electrons. The van der Waals surface area contributed by atoms with Crippen LogP contribution in [-0.2, 0) is 14.8 Å². The third-order valence-electron chi connectivity index (χ3n) is 3.05. The number of rotatable bonds is 4. The molecule has 0 saturated heterocycles. The number of hydrogen-bond donors (Lipinski definition) is 1. The normalized spacial score (nSPS) is 22.1. The van der Waals surface area contributed by atoms with Crippen molar-refractivity contribution in [1.29, 1.82) is 0 Å². The van der Waals surface area contributed by atoms with Gasteiger partial charge in [0.1, 0.15) is 5.82 Å². The monoisotopic (exact) mass is 287 g/mol. The molecule has 1 aliphatic rings. The van der Waals surface area contributed by atoms with Crippen molar-refractivity contribution >= 4 is 16.0 Å². The molecule has 104 valence electrons. The Morgan fingerprint density at radius 1 is 1.47 bits per heavy atom. The van der Waals surface area contributed by atoms with E-state index in [1.165, 1.54) is 0 Å². The van der Waals surface area contributed by atoms with Gasteiger partial charge in [0.05, 0.1) is 17.6 Å². The lowest BCUT2D eigenvalue weighted by Crippen LogP contribution is -2.28. The maximum atomic E-state index is 13.2. The number of methoxy groups -OCH3 is 1. The molecule has 0 spiro atoms. The van der Waals surface area contributed by atoms with Crippen molar-refractivity contribution in [2.24, 2.45) is 5.92 Å². The third kappa shape index (κ3) is 2.93. The molecule has 5 nitrogen and oxygen atoms in total. The summed E-state index contributed by atoms with van der Waals surface area (Å²) in [6.45, 7) is 1.90. The number of hydrogen-bond acceptors (Lipinski definition) is 4. The third-order valence-corrected chi connectivity index (χ3v) is 4.58. The van der Waals surface area contributed by atoms with Gasteiger partial charge in [-0.2, -0.15) is 0 Å². The molecule has 0 aliphatic heterocycles. The van der Waals surface area contributed by atoms with Crippen molar-refractivity contribution in [3.8, 4) is 0 Å². The summed E-state index contributed by atoms with van der Waals surface area (Å²) in [4.78, 5) is 11.1. The molecular formula is C12H14FNO4S. The van der Waals surface area contributed by atoms with Gasteiger partial charge < -0.3 is 4.74 Å². The van der Waals surface area contributed by atoms with Gasteiger partial charge in [-0.3, -0.25) is 0 Å². The van der Waals surface area contributed by atoms with Gasteiger partial charge in [-0.15, -0.1) is 0 Å². The highest BCUT2D eigenvalue weighted by molar-refractivity contribution is 7.89. The van der Waals surface area contributed by atoms with Crippen molar-refractivity contribution in [1.82, 2.24) is 4.72 Å². The van der Waals surface area contributed by atoms with Crippen molar-refractivity contribution in [2.45, 2.75) is 24.3 Å². The van der Waals surface area contributed by atoms with Crippen LogP contribution in [0.25, 0.3) is 0 Å². The first-order valence-electron chi connectivity index (χ1n) is 5.75. The molecule has 0 bridgehead atoms. The average molecular weight is 287 g/mol. The van der Waals surface area contributed by atoms with Crippen LogP contribution in [0.1, 0.15) is 23.7 Å². The Kier molecular flexibility index (Phi) is 3.60. The van der Waals surface area contributed by atoms with Crippen molar-refractivity contribution in [2.75, 3.05) is 7.11 Å². The van der Waals surface area contributed by atoms with E-state index in [-0.39, 0.29) is 17.5 Å². The molecule has 7 heteroatoms. The molecule has 0 aromatic heterocycles. The largest absolute Gasteiger partial charge is 0.465 e. The minimum atomic E-state index is -3.93. The highest BCUT2D eigenvalue weighted by Gasteiger charge is 2.37. The number of ether oxygens (including phenoxy) is 1. The van der Waals surface area contributed by atoms with E-state index in [9.17, 15) is 17.6 Å². The van der Waals surface area contributed by atoms with Crippen LogP contribution in [0.3, 0.4) is 0 Å². The van der Waals surface area contributed by atoms with Gasteiger partial charge in [-0.25, -0.2) is 22.3 Å². The quantitative estimate of drug-likeness (QED) is 0.847. The highest BCUT2D eigenvalue weighted by atomic mass is 32.2. The van der Waals surface area contributed by atoms with Crippen molar-refractivity contribution in [3.05, 3.63) is 29.6 Å². The first-order valence-corrected chi connectivity index (χ1v) is 7.23. The predicted molar refractivity (Wildman–Crippen MR) is 65.6 cm³/mol. The van der Waals surface area contributed by atoms with E-state index in [2.05, 4.69) is 9.46 Å². The smallest absolute Gasteiger partial charge is 0.339 e. The summed E-state index contributed by atoms with van der Waals surface area (Å²) < 4.78 is 44.4. The van der Waals surface area contributed by atoms with E-state index in [1.54, 1.807) is 0 Å². The standard InChI is InChI=1S/C12H14FNO4S/c1-7-5-10(7)14-19(16,17)11-6-8(13)3-4-9(11)12(15)18-2/h3-4,6-7,10,14H,5H2,1-2H3. The maximum Gasteiger partial charge on any atom is 0.339 e. The van der Waals surface area contributed by atoms with Crippen LogP contribution in [0.4, 0.5) is 4.39 Å². The van der Waals surface area contributed by atoms with Crippen molar-refractivity contribution < 1.29 is 22.3 Å². The van der Waals surface area contributed by atoms with Gasteiger partial charge in [0.15, 0.2) is 0 Å². The van der Waals surface area contributed by atoms with Gasteiger partial charge >= 0.3 is 5.97 Å². The SMILES string of the molecule is COC(=O)c1ccc(F)cc1S(=O)(=O)NC1CC1C. The van der Waals surface area contributed by atoms with Gasteiger partial charge in [0.25, 0.3) is 0 Å². The zero-order valence-electron chi connectivity index (χ0n) is 10.5. The number of sulfonamides is 1. The van der Waals surface area contributed by atoms with Crippen LogP contribution in [-0.4, -0.2) is 27.5 Å². The topological polar surface area (TPSA) is 72.5 Å². The molecule has 1 aromatic carbocycles. The van der Waals surface area contributed by atoms with E-state index in [1.807, 2.05) is 6.92 Å². The number of benzene rings is 1. The van der Waals surface area contributed by atoms with E-state index >= 15 is 0 Å². The Bertz CT molecular complexity index is 614. The second kappa shape index (κ2) is 4.90. The van der Waals surface area contributed by atoms with E-state index in [0.717, 1.165) is 31.7 Å². The molecule has 19 heavy (non-hydrogen) atoms. The molecule has 2 unspecified atom stereocenters. The lowest BCUT2D eigenvalue weighted by Gasteiger charge is -2.10. The van der Waals surface area contributed by atoms with E-state index in [0.29, 0.717) is 0 Å². The van der Waals surface area contributed by atoms with E-state index < -0.39 is 26.7 Å². The molecule has 1 N–H and O–H groups in total. The Morgan fingerprint density at radius 2 is 2.11 bits per heavy atom. The maximum absolute atomic E-state index is 13.2. The molecule has 2 atom stereocenters. The molecule has 1 fully saturated rings. The fourth-order valence-corrected chi connectivity index (χ4v) is 3.31. The second-order valence-corrected chi connectivity index (χ2v) is 6.26. The molecule has 0 amide bonds. The minimum Gasteiger partial charge on any atom is -0.465 e. The molecule has 2 rings (SSSR count). The summed E-state index contributed by atoms with van der Waals surface area (Å²) in [6.07, 6.45) is 0.738. The predicted octanol–water partition coefficient (Wildman–Crippen LogP) is 1.30. The summed E-state index contributed by atoms with van der Waals surface area (Å²) in [5.74, 6) is -1.29. The number of nitrogens with one attached hydrogen (secondary N) is 1. The summed E-state index contributed by atoms with van der Waals surface area (Å²) in [5.41, 5.74) is -0.176. The zero-order chi connectivity index (χ0) is 14.2. The lowest BCUT2D eigenvalue weighted by atomic mass is 10.2. The second-order valence-electron chi connectivity index (χ2n) is 4.57. The van der Waals surface area contributed by atoms with Gasteiger partial charge in [-0.05, 0) is 30.5 Å². The summed E-state index contributed by atoms with van der Waals surface area (Å²) in [7, 11) is -2.79. The van der Waals surface area contributed by atoms with Gasteiger partial charge in [0, 0.05) is 6.04 Å². The van der Waals surface area contributed by atoms with Crippen LogP contribution < -0.4 is 4.72 Å². The number of esters is 1. The fourth-order valence-electron chi connectivity index (χ4n) is 1.75. The number of carbonyl (C=O) groups is 1. The van der Waals surface area contributed by atoms with E-state index in [4.69, 9.17) is 0 Å². The van der Waals surface area contributed by atoms with Gasteiger partial charge in [0.2, 0.25) is 10.0 Å². The molecular weight excluding hydrogens is 273 g/mol.